The molecular weight excluding hydrogens is 224 g/mol. The minimum atomic E-state index is -0.658. The summed E-state index contributed by atoms with van der Waals surface area (Å²) in [5, 5.41) is 11.0. The number of benzene rings is 1. The molecule has 1 fully saturated rings. The van der Waals surface area contributed by atoms with E-state index in [4.69, 9.17) is 4.74 Å². The molecule has 2 atom stereocenters. The van der Waals surface area contributed by atoms with E-state index in [0.717, 1.165) is 50.0 Å². The Morgan fingerprint density at radius 1 is 1.44 bits per heavy atom. The van der Waals surface area contributed by atoms with Gasteiger partial charge in [0.2, 0.25) is 0 Å². The Balaban J connectivity index is 1.96. The average Bonchev–Trinajstić information content (AvgIpc) is 2.86. The molecule has 1 heterocycles. The van der Waals surface area contributed by atoms with E-state index in [0.29, 0.717) is 5.92 Å². The lowest BCUT2D eigenvalue weighted by molar-refractivity contribution is -0.0234. The molecule has 2 heteroatoms. The van der Waals surface area contributed by atoms with Gasteiger partial charge in [0.1, 0.15) is 5.75 Å². The Bertz CT molecular complexity index is 441. The number of rotatable bonds is 2. The predicted octanol–water partition coefficient (Wildman–Crippen LogP) is 3.41. The van der Waals surface area contributed by atoms with Crippen molar-refractivity contribution >= 4 is 0 Å². The lowest BCUT2D eigenvalue weighted by atomic mass is 9.73. The fraction of sp³-hybridized carbons (Fsp3) is 0.625. The van der Waals surface area contributed by atoms with E-state index in [9.17, 15) is 5.11 Å². The normalized spacial score (nSPS) is 30.9. The number of para-hydroxylation sites is 1. The van der Waals surface area contributed by atoms with Gasteiger partial charge >= 0.3 is 0 Å². The van der Waals surface area contributed by atoms with Crippen LogP contribution < -0.4 is 4.74 Å². The predicted molar refractivity (Wildman–Crippen MR) is 71.8 cm³/mol. The van der Waals surface area contributed by atoms with Gasteiger partial charge in [0.15, 0.2) is 0 Å². The van der Waals surface area contributed by atoms with Crippen LogP contribution in [0.5, 0.6) is 5.75 Å². The molecule has 98 valence electrons. The largest absolute Gasteiger partial charge is 0.493 e. The summed E-state index contributed by atoms with van der Waals surface area (Å²) in [4.78, 5) is 0. The number of aliphatic hydroxyl groups is 1. The van der Waals surface area contributed by atoms with Crippen LogP contribution in [0, 0.1) is 5.92 Å². The minimum absolute atomic E-state index is 0.654. The zero-order chi connectivity index (χ0) is 12.6. The molecule has 0 radical (unpaired) electrons. The third-order valence-electron chi connectivity index (χ3n) is 4.62. The van der Waals surface area contributed by atoms with Crippen LogP contribution in [0.4, 0.5) is 0 Å². The van der Waals surface area contributed by atoms with Gasteiger partial charge in [0.25, 0.3) is 0 Å². The standard InChI is InChI=1S/C16H22O2/c1-2-12-5-4-9-16(17,11-12)14-7-3-6-13-8-10-18-15(13)14/h3,6-7,12,17H,2,4-5,8-11H2,1H3. The van der Waals surface area contributed by atoms with E-state index < -0.39 is 5.60 Å². The summed E-state index contributed by atoms with van der Waals surface area (Å²) in [6.45, 7) is 2.99. The van der Waals surface area contributed by atoms with E-state index >= 15 is 0 Å². The van der Waals surface area contributed by atoms with Crippen molar-refractivity contribution in [2.45, 2.75) is 51.0 Å². The highest BCUT2D eigenvalue weighted by Gasteiger charge is 2.38. The second-order valence-corrected chi connectivity index (χ2v) is 5.79. The first-order valence-electron chi connectivity index (χ1n) is 7.20. The van der Waals surface area contributed by atoms with Gasteiger partial charge in [-0.15, -0.1) is 0 Å². The van der Waals surface area contributed by atoms with Crippen molar-refractivity contribution in [2.75, 3.05) is 6.61 Å². The van der Waals surface area contributed by atoms with Crippen LogP contribution in [0.25, 0.3) is 0 Å². The Labute approximate surface area is 109 Å². The van der Waals surface area contributed by atoms with Crippen LogP contribution in [-0.4, -0.2) is 11.7 Å². The van der Waals surface area contributed by atoms with Crippen molar-refractivity contribution in [1.29, 1.82) is 0 Å². The van der Waals surface area contributed by atoms with Gasteiger partial charge in [-0.05, 0) is 30.7 Å². The molecule has 1 aromatic rings. The first-order valence-corrected chi connectivity index (χ1v) is 7.20. The van der Waals surface area contributed by atoms with Crippen molar-refractivity contribution in [3.63, 3.8) is 0 Å². The SMILES string of the molecule is CCC1CCCC(O)(c2cccc3c2OCC3)C1. The number of hydrogen-bond donors (Lipinski definition) is 1. The van der Waals surface area contributed by atoms with Gasteiger partial charge in [-0.2, -0.15) is 0 Å². The first-order chi connectivity index (χ1) is 8.73. The van der Waals surface area contributed by atoms with E-state index in [1.165, 1.54) is 12.0 Å². The summed E-state index contributed by atoms with van der Waals surface area (Å²) in [5.41, 5.74) is 1.64. The summed E-state index contributed by atoms with van der Waals surface area (Å²) >= 11 is 0. The van der Waals surface area contributed by atoms with Crippen LogP contribution >= 0.6 is 0 Å². The second-order valence-electron chi connectivity index (χ2n) is 5.79. The number of ether oxygens (including phenoxy) is 1. The van der Waals surface area contributed by atoms with Gasteiger partial charge in [0.05, 0.1) is 12.2 Å². The highest BCUT2D eigenvalue weighted by Crippen LogP contribution is 2.46. The molecule has 3 rings (SSSR count). The highest BCUT2D eigenvalue weighted by atomic mass is 16.5. The number of hydrogen-bond acceptors (Lipinski definition) is 2. The Morgan fingerprint density at radius 3 is 3.17 bits per heavy atom. The molecule has 0 saturated heterocycles. The van der Waals surface area contributed by atoms with Crippen LogP contribution in [-0.2, 0) is 12.0 Å². The lowest BCUT2D eigenvalue weighted by Crippen LogP contribution is -2.33. The molecule has 1 N–H and O–H groups in total. The maximum Gasteiger partial charge on any atom is 0.128 e. The van der Waals surface area contributed by atoms with Crippen LogP contribution in [0.2, 0.25) is 0 Å². The van der Waals surface area contributed by atoms with Crippen LogP contribution in [0.15, 0.2) is 18.2 Å². The molecule has 1 aliphatic carbocycles. The Morgan fingerprint density at radius 2 is 2.33 bits per heavy atom. The Hall–Kier alpha value is -1.02. The fourth-order valence-electron chi connectivity index (χ4n) is 3.54. The van der Waals surface area contributed by atoms with Crippen molar-refractivity contribution in [3.8, 4) is 5.75 Å². The van der Waals surface area contributed by atoms with Crippen molar-refractivity contribution < 1.29 is 9.84 Å². The molecule has 0 spiro atoms. The molecule has 1 aliphatic heterocycles. The molecule has 2 nitrogen and oxygen atoms in total. The van der Waals surface area contributed by atoms with Crippen molar-refractivity contribution in [3.05, 3.63) is 29.3 Å². The lowest BCUT2D eigenvalue weighted by Gasteiger charge is -2.37. The molecule has 1 saturated carbocycles. The third-order valence-corrected chi connectivity index (χ3v) is 4.62. The van der Waals surface area contributed by atoms with Gasteiger partial charge in [-0.1, -0.05) is 38.0 Å². The fourth-order valence-corrected chi connectivity index (χ4v) is 3.54. The Kier molecular flexibility index (Phi) is 3.06. The van der Waals surface area contributed by atoms with Gasteiger partial charge in [0, 0.05) is 12.0 Å². The molecular formula is C16H22O2. The van der Waals surface area contributed by atoms with E-state index in [1.807, 2.05) is 0 Å². The van der Waals surface area contributed by atoms with Gasteiger partial charge in [-0.25, -0.2) is 0 Å². The summed E-state index contributed by atoms with van der Waals surface area (Å²) in [6.07, 6.45) is 6.30. The van der Waals surface area contributed by atoms with Crippen LogP contribution in [0.3, 0.4) is 0 Å². The third kappa shape index (κ3) is 1.93. The van der Waals surface area contributed by atoms with E-state index in [-0.39, 0.29) is 0 Å². The molecule has 2 aliphatic rings. The topological polar surface area (TPSA) is 29.5 Å². The molecule has 1 aromatic carbocycles. The average molecular weight is 246 g/mol. The molecule has 0 amide bonds. The van der Waals surface area contributed by atoms with Crippen molar-refractivity contribution in [2.24, 2.45) is 5.92 Å². The molecule has 0 aromatic heterocycles. The van der Waals surface area contributed by atoms with Crippen LogP contribution in [0.1, 0.15) is 50.2 Å². The maximum atomic E-state index is 11.0. The van der Waals surface area contributed by atoms with E-state index in [1.54, 1.807) is 0 Å². The zero-order valence-corrected chi connectivity index (χ0v) is 11.1. The molecule has 0 bridgehead atoms. The zero-order valence-electron chi connectivity index (χ0n) is 11.1. The first kappa shape index (κ1) is 12.0. The highest BCUT2D eigenvalue weighted by molar-refractivity contribution is 5.47. The molecule has 18 heavy (non-hydrogen) atoms. The minimum Gasteiger partial charge on any atom is -0.493 e. The number of fused-ring (bicyclic) bond motifs is 1. The summed E-state index contributed by atoms with van der Waals surface area (Å²) in [6, 6.07) is 6.24. The summed E-state index contributed by atoms with van der Waals surface area (Å²) in [5.74, 6) is 1.62. The van der Waals surface area contributed by atoms with Gasteiger partial charge in [-0.3, -0.25) is 0 Å². The summed E-state index contributed by atoms with van der Waals surface area (Å²) < 4.78 is 5.76. The molecule has 2 unspecified atom stereocenters. The smallest absolute Gasteiger partial charge is 0.128 e. The van der Waals surface area contributed by atoms with E-state index in [2.05, 4.69) is 25.1 Å². The van der Waals surface area contributed by atoms with Gasteiger partial charge < -0.3 is 9.84 Å². The quantitative estimate of drug-likeness (QED) is 0.866. The maximum absolute atomic E-state index is 11.0. The van der Waals surface area contributed by atoms with Crippen molar-refractivity contribution in [1.82, 2.24) is 0 Å². The monoisotopic (exact) mass is 246 g/mol. The summed E-state index contributed by atoms with van der Waals surface area (Å²) in [7, 11) is 0. The second kappa shape index (κ2) is 4.58.